The van der Waals surface area contributed by atoms with Crippen molar-refractivity contribution in [2.45, 2.75) is 39.0 Å². The van der Waals surface area contributed by atoms with Gasteiger partial charge in [-0.1, -0.05) is 32.6 Å². The van der Waals surface area contributed by atoms with E-state index in [1.54, 1.807) is 0 Å². The van der Waals surface area contributed by atoms with Crippen LogP contribution in [-0.4, -0.2) is 17.6 Å². The molecule has 0 N–H and O–H groups in total. The van der Waals surface area contributed by atoms with Crippen LogP contribution in [0.15, 0.2) is 18.3 Å². The topological polar surface area (TPSA) is 39.2 Å². The van der Waals surface area contributed by atoms with E-state index in [-0.39, 0.29) is 5.56 Å². The van der Waals surface area contributed by atoms with Crippen molar-refractivity contribution < 1.29 is 13.9 Å². The Bertz CT molecular complexity index is 355. The van der Waals surface area contributed by atoms with Gasteiger partial charge in [-0.25, -0.2) is 9.78 Å². The lowest BCUT2D eigenvalue weighted by molar-refractivity contribution is 0.0491. The van der Waals surface area contributed by atoms with Gasteiger partial charge in [-0.3, -0.25) is 0 Å². The minimum Gasteiger partial charge on any atom is -0.462 e. The maximum atomic E-state index is 13.1. The van der Waals surface area contributed by atoms with E-state index in [9.17, 15) is 9.18 Å². The maximum absolute atomic E-state index is 13.1. The van der Waals surface area contributed by atoms with Crippen LogP contribution in [0, 0.1) is 5.95 Å². The highest BCUT2D eigenvalue weighted by molar-refractivity contribution is 5.89. The van der Waals surface area contributed by atoms with Crippen LogP contribution in [0.3, 0.4) is 0 Å². The first kappa shape index (κ1) is 13.6. The minimum atomic E-state index is -0.775. The first-order valence-corrected chi connectivity index (χ1v) is 6.03. The van der Waals surface area contributed by atoms with Crippen LogP contribution >= 0.6 is 0 Å². The molecule has 1 aromatic rings. The summed E-state index contributed by atoms with van der Waals surface area (Å²) in [6, 6.07) is 2.89. The van der Waals surface area contributed by atoms with Crippen molar-refractivity contribution in [3.8, 4) is 0 Å². The molecule has 1 aromatic heterocycles. The van der Waals surface area contributed by atoms with Gasteiger partial charge in [0.05, 0.1) is 6.61 Å². The van der Waals surface area contributed by atoms with Crippen molar-refractivity contribution in [2.24, 2.45) is 0 Å². The molecule has 0 amide bonds. The summed E-state index contributed by atoms with van der Waals surface area (Å²) in [5.41, 5.74) is -0.0962. The van der Waals surface area contributed by atoms with E-state index in [4.69, 9.17) is 4.74 Å². The predicted molar refractivity (Wildman–Crippen MR) is 63.2 cm³/mol. The molecule has 4 heteroatoms. The quantitative estimate of drug-likeness (QED) is 0.416. The maximum Gasteiger partial charge on any atom is 0.342 e. The van der Waals surface area contributed by atoms with Crippen molar-refractivity contribution in [3.05, 3.63) is 29.8 Å². The summed E-state index contributed by atoms with van der Waals surface area (Å²) in [5.74, 6) is -1.41. The molecular weight excluding hydrogens is 221 g/mol. The number of esters is 1. The molecule has 0 radical (unpaired) electrons. The molecule has 0 bridgehead atoms. The summed E-state index contributed by atoms with van der Waals surface area (Å²) < 4.78 is 18.1. The Morgan fingerprint density at radius 1 is 1.35 bits per heavy atom. The zero-order valence-corrected chi connectivity index (χ0v) is 10.1. The molecule has 17 heavy (non-hydrogen) atoms. The third-order valence-corrected chi connectivity index (χ3v) is 2.46. The Morgan fingerprint density at radius 3 is 2.82 bits per heavy atom. The van der Waals surface area contributed by atoms with Crippen molar-refractivity contribution in [1.82, 2.24) is 4.98 Å². The van der Waals surface area contributed by atoms with Gasteiger partial charge < -0.3 is 4.74 Å². The minimum absolute atomic E-state index is 0.0962. The van der Waals surface area contributed by atoms with E-state index in [0.717, 1.165) is 19.3 Å². The Hall–Kier alpha value is -1.45. The summed E-state index contributed by atoms with van der Waals surface area (Å²) in [4.78, 5) is 14.9. The van der Waals surface area contributed by atoms with E-state index < -0.39 is 11.9 Å². The molecule has 0 saturated heterocycles. The number of unbranched alkanes of at least 4 members (excludes halogenated alkanes) is 4. The fourth-order valence-electron chi connectivity index (χ4n) is 1.49. The highest BCUT2D eigenvalue weighted by Crippen LogP contribution is 2.07. The molecule has 94 valence electrons. The van der Waals surface area contributed by atoms with Gasteiger partial charge in [-0.15, -0.1) is 0 Å². The fraction of sp³-hybridized carbons (Fsp3) is 0.538. The zero-order valence-electron chi connectivity index (χ0n) is 10.1. The van der Waals surface area contributed by atoms with Gasteiger partial charge in [0.15, 0.2) is 0 Å². The number of pyridine rings is 1. The average molecular weight is 239 g/mol. The average Bonchev–Trinajstić information content (AvgIpc) is 2.34. The van der Waals surface area contributed by atoms with E-state index >= 15 is 0 Å². The number of aromatic nitrogens is 1. The van der Waals surface area contributed by atoms with Crippen molar-refractivity contribution >= 4 is 5.97 Å². The highest BCUT2D eigenvalue weighted by Gasteiger charge is 2.12. The molecule has 0 aliphatic carbocycles. The SMILES string of the molecule is CCCCCCCOC(=O)c1cccnc1F. The van der Waals surface area contributed by atoms with E-state index in [1.165, 1.54) is 31.2 Å². The monoisotopic (exact) mass is 239 g/mol. The van der Waals surface area contributed by atoms with Gasteiger partial charge in [0, 0.05) is 6.20 Å². The lowest BCUT2D eigenvalue weighted by Gasteiger charge is -2.04. The lowest BCUT2D eigenvalue weighted by atomic mass is 10.2. The summed E-state index contributed by atoms with van der Waals surface area (Å²) in [7, 11) is 0. The summed E-state index contributed by atoms with van der Waals surface area (Å²) in [6.45, 7) is 2.49. The molecule has 1 rings (SSSR count). The van der Waals surface area contributed by atoms with Crippen LogP contribution in [0.1, 0.15) is 49.4 Å². The van der Waals surface area contributed by atoms with Crippen LogP contribution < -0.4 is 0 Å². The standard InChI is InChI=1S/C13H18FNO2/c1-2-3-4-5-6-10-17-13(16)11-8-7-9-15-12(11)14/h7-9H,2-6,10H2,1H3. The molecule has 0 aliphatic rings. The molecule has 3 nitrogen and oxygen atoms in total. The molecule has 0 saturated carbocycles. The number of carbonyl (C=O) groups excluding carboxylic acids is 1. The fourth-order valence-corrected chi connectivity index (χ4v) is 1.49. The number of ether oxygens (including phenoxy) is 1. The van der Waals surface area contributed by atoms with Gasteiger partial charge in [0.25, 0.3) is 0 Å². The number of nitrogens with zero attached hydrogens (tertiary/aromatic N) is 1. The Morgan fingerprint density at radius 2 is 2.12 bits per heavy atom. The van der Waals surface area contributed by atoms with Crippen LogP contribution in [0.5, 0.6) is 0 Å². The first-order valence-electron chi connectivity index (χ1n) is 6.03. The third kappa shape index (κ3) is 4.93. The highest BCUT2D eigenvalue weighted by atomic mass is 19.1. The number of halogens is 1. The largest absolute Gasteiger partial charge is 0.462 e. The summed E-state index contributed by atoms with van der Waals surface area (Å²) in [5, 5.41) is 0. The van der Waals surface area contributed by atoms with Crippen molar-refractivity contribution in [1.29, 1.82) is 0 Å². The Balaban J connectivity index is 2.24. The molecule has 1 heterocycles. The van der Waals surface area contributed by atoms with Crippen molar-refractivity contribution in [2.75, 3.05) is 6.61 Å². The van der Waals surface area contributed by atoms with Crippen LogP contribution in [-0.2, 0) is 4.74 Å². The smallest absolute Gasteiger partial charge is 0.342 e. The number of hydrogen-bond donors (Lipinski definition) is 0. The second kappa shape index (κ2) is 7.76. The molecule has 0 fully saturated rings. The predicted octanol–water partition coefficient (Wildman–Crippen LogP) is 3.35. The van der Waals surface area contributed by atoms with Gasteiger partial charge in [-0.05, 0) is 18.6 Å². The molecule has 0 aliphatic heterocycles. The number of carbonyl (C=O) groups is 1. The normalized spacial score (nSPS) is 10.2. The molecule has 0 unspecified atom stereocenters. The summed E-state index contributed by atoms with van der Waals surface area (Å²) >= 11 is 0. The third-order valence-electron chi connectivity index (χ3n) is 2.46. The van der Waals surface area contributed by atoms with E-state index in [0.29, 0.717) is 6.61 Å². The lowest BCUT2D eigenvalue weighted by Crippen LogP contribution is -2.09. The van der Waals surface area contributed by atoms with Gasteiger partial charge in [0.1, 0.15) is 5.56 Å². The molecule has 0 spiro atoms. The summed E-state index contributed by atoms with van der Waals surface area (Å²) in [6.07, 6.45) is 6.70. The first-order chi connectivity index (χ1) is 8.25. The van der Waals surface area contributed by atoms with Gasteiger partial charge in [0.2, 0.25) is 5.95 Å². The second-order valence-electron chi connectivity index (χ2n) is 3.89. The van der Waals surface area contributed by atoms with Gasteiger partial charge >= 0.3 is 5.97 Å². The zero-order chi connectivity index (χ0) is 12.5. The molecular formula is C13H18FNO2. The van der Waals surface area contributed by atoms with Gasteiger partial charge in [-0.2, -0.15) is 4.39 Å². The Kier molecular flexibility index (Phi) is 6.22. The number of hydrogen-bond acceptors (Lipinski definition) is 3. The Labute approximate surface area is 101 Å². The van der Waals surface area contributed by atoms with Crippen LogP contribution in [0.25, 0.3) is 0 Å². The second-order valence-corrected chi connectivity index (χ2v) is 3.89. The van der Waals surface area contributed by atoms with Crippen molar-refractivity contribution in [3.63, 3.8) is 0 Å². The van der Waals surface area contributed by atoms with Crippen LogP contribution in [0.4, 0.5) is 4.39 Å². The molecule has 0 aromatic carbocycles. The van der Waals surface area contributed by atoms with Crippen LogP contribution in [0.2, 0.25) is 0 Å². The molecule has 0 atom stereocenters. The number of rotatable bonds is 7. The van der Waals surface area contributed by atoms with E-state index in [2.05, 4.69) is 11.9 Å². The van der Waals surface area contributed by atoms with E-state index in [1.807, 2.05) is 0 Å².